The average molecular weight is 688 g/mol. The summed E-state index contributed by atoms with van der Waals surface area (Å²) in [7, 11) is 0. The minimum Gasteiger partial charge on any atom is -0.472 e. The zero-order valence-corrected chi connectivity index (χ0v) is 33.2. The topological polar surface area (TPSA) is 12.5 Å². The number of hydrogen-bond acceptors (Lipinski definition) is 2. The van der Waals surface area contributed by atoms with E-state index in [1.54, 1.807) is 0 Å². The Morgan fingerprint density at radius 3 is 1.75 bits per heavy atom. The summed E-state index contributed by atoms with van der Waals surface area (Å²) in [5.41, 5.74) is 9.93. The lowest BCUT2D eigenvalue weighted by Gasteiger charge is -2.47. The molecule has 1 heterocycles. The molecule has 0 bridgehead atoms. The Hall–Kier alpha value is -4.30. The van der Waals surface area contributed by atoms with Crippen molar-refractivity contribution in [3.05, 3.63) is 137 Å². The molecule has 268 valence electrons. The summed E-state index contributed by atoms with van der Waals surface area (Å²) in [6.45, 7) is 23.8. The Morgan fingerprint density at radius 2 is 1.13 bits per heavy atom. The fourth-order valence-corrected chi connectivity index (χ4v) is 10.8. The van der Waals surface area contributed by atoms with E-state index >= 15 is 0 Å². The van der Waals surface area contributed by atoms with Gasteiger partial charge in [0.15, 0.2) is 5.60 Å². The van der Waals surface area contributed by atoms with Gasteiger partial charge < -0.3 is 9.64 Å². The van der Waals surface area contributed by atoms with E-state index in [2.05, 4.69) is 189 Å². The van der Waals surface area contributed by atoms with Gasteiger partial charge in [-0.25, -0.2) is 0 Å². The second-order valence-corrected chi connectivity index (χ2v) is 19.6. The minimum absolute atomic E-state index is 0.0367. The normalized spacial score (nSPS) is 21.2. The van der Waals surface area contributed by atoms with Crippen LogP contribution in [0.3, 0.4) is 0 Å². The van der Waals surface area contributed by atoms with Crippen LogP contribution in [0.5, 0.6) is 5.75 Å². The van der Waals surface area contributed by atoms with Gasteiger partial charge in [-0.3, -0.25) is 0 Å². The summed E-state index contributed by atoms with van der Waals surface area (Å²) in [6, 6.07) is 38.4. The Bertz CT molecular complexity index is 2160. The predicted molar refractivity (Wildman–Crippen MR) is 222 cm³/mol. The van der Waals surface area contributed by atoms with Crippen LogP contribution in [-0.4, -0.2) is 11.1 Å². The molecule has 0 saturated heterocycles. The molecule has 2 nitrogen and oxygen atoms in total. The molecule has 1 atom stereocenters. The molecule has 1 saturated carbocycles. The summed E-state index contributed by atoms with van der Waals surface area (Å²) in [6.07, 6.45) is 9.52. The predicted octanol–water partition coefficient (Wildman–Crippen LogP) is 13.5. The van der Waals surface area contributed by atoms with E-state index in [1.165, 1.54) is 57.1 Å². The zero-order valence-electron chi connectivity index (χ0n) is 33.2. The molecule has 0 amide bonds. The van der Waals surface area contributed by atoms with Crippen LogP contribution in [-0.2, 0) is 11.0 Å². The highest BCUT2D eigenvalue weighted by Crippen LogP contribution is 2.65. The van der Waals surface area contributed by atoms with Crippen molar-refractivity contribution in [1.82, 2.24) is 0 Å². The van der Waals surface area contributed by atoms with Crippen LogP contribution >= 0.6 is 0 Å². The number of ether oxygens (including phenoxy) is 1. The largest absolute Gasteiger partial charge is 0.472 e. The first kappa shape index (κ1) is 34.8. The molecule has 2 aliphatic carbocycles. The number of rotatable bonds is 3. The first-order valence-corrected chi connectivity index (χ1v) is 19.5. The molecule has 1 unspecified atom stereocenters. The van der Waals surface area contributed by atoms with Crippen LogP contribution in [0.4, 0.5) is 5.69 Å². The first-order valence-electron chi connectivity index (χ1n) is 19.5. The van der Waals surface area contributed by atoms with E-state index in [4.69, 9.17) is 4.74 Å². The van der Waals surface area contributed by atoms with E-state index in [0.29, 0.717) is 0 Å². The van der Waals surface area contributed by atoms with E-state index in [-0.39, 0.29) is 27.3 Å². The quantitative estimate of drug-likeness (QED) is 0.187. The molecule has 3 aliphatic rings. The molecular weight excluding hydrogens is 631 g/mol. The molecule has 1 aliphatic heterocycles. The van der Waals surface area contributed by atoms with Crippen molar-refractivity contribution in [3.63, 3.8) is 0 Å². The highest BCUT2D eigenvalue weighted by molar-refractivity contribution is 6.08. The van der Waals surface area contributed by atoms with E-state index < -0.39 is 5.60 Å². The van der Waals surface area contributed by atoms with Crippen molar-refractivity contribution in [2.75, 3.05) is 4.90 Å². The van der Waals surface area contributed by atoms with E-state index in [1.807, 2.05) is 0 Å². The van der Waals surface area contributed by atoms with Crippen LogP contribution < -0.4 is 9.64 Å². The monoisotopic (exact) mass is 687 g/mol. The average Bonchev–Trinajstić information content (AvgIpc) is 3.29. The van der Waals surface area contributed by atoms with Gasteiger partial charge in [0.05, 0.1) is 0 Å². The third-order valence-electron chi connectivity index (χ3n) is 12.3. The minimum atomic E-state index is -0.793. The fraction of sp³-hybridized carbons (Fsp3) is 0.400. The second kappa shape index (κ2) is 11.6. The van der Waals surface area contributed by atoms with E-state index in [0.717, 1.165) is 29.7 Å². The molecule has 0 aromatic heterocycles. The molecule has 52 heavy (non-hydrogen) atoms. The van der Waals surface area contributed by atoms with Gasteiger partial charge in [0.25, 0.3) is 0 Å². The van der Waals surface area contributed by atoms with Gasteiger partial charge in [0.2, 0.25) is 0 Å². The number of fused-ring (bicyclic) bond motifs is 10. The second-order valence-electron chi connectivity index (χ2n) is 19.6. The van der Waals surface area contributed by atoms with Crippen LogP contribution in [0.1, 0.15) is 123 Å². The Labute approximate surface area is 312 Å². The lowest BCUT2D eigenvalue weighted by molar-refractivity contribution is 0.162. The SMILES string of the molecule is CC1(C)CCC(C)(C)CC2(C1)c1ccccc1-c1c2c2c(c3ccccc13)OC(c1ccccc1)(c1ccc(N(C(C)(C)C)C(C)(C)C)cc1)C=C2. The highest BCUT2D eigenvalue weighted by atomic mass is 16.5. The third-order valence-corrected chi connectivity index (χ3v) is 12.3. The molecule has 0 N–H and O–H groups in total. The van der Waals surface area contributed by atoms with Gasteiger partial charge in [-0.05, 0) is 124 Å². The first-order chi connectivity index (χ1) is 24.5. The molecule has 8 rings (SSSR count). The molecule has 1 fully saturated rings. The van der Waals surface area contributed by atoms with Crippen LogP contribution in [0.25, 0.3) is 28.0 Å². The van der Waals surface area contributed by atoms with Gasteiger partial charge in [0, 0.05) is 44.3 Å². The molecule has 5 aromatic rings. The fourth-order valence-electron chi connectivity index (χ4n) is 10.8. The smallest absolute Gasteiger partial charge is 0.178 e. The third kappa shape index (κ3) is 5.43. The van der Waals surface area contributed by atoms with Crippen molar-refractivity contribution >= 4 is 22.5 Å². The van der Waals surface area contributed by atoms with Gasteiger partial charge in [-0.15, -0.1) is 0 Å². The Morgan fingerprint density at radius 1 is 0.596 bits per heavy atom. The number of benzene rings is 5. The van der Waals surface area contributed by atoms with Gasteiger partial charge in [-0.2, -0.15) is 0 Å². The van der Waals surface area contributed by atoms with E-state index in [9.17, 15) is 0 Å². The maximum absolute atomic E-state index is 7.73. The van der Waals surface area contributed by atoms with Crippen molar-refractivity contribution < 1.29 is 4.74 Å². The van der Waals surface area contributed by atoms with Crippen molar-refractivity contribution in [2.45, 2.75) is 117 Å². The standard InChI is InChI=1S/C50H57NO/c1-45(2,3)51(46(4,5)6)36-26-24-35(25-27-36)50(34-18-12-11-13-19-34)29-28-40-43-42(37-20-14-15-21-38(37)44(40)52-50)39-22-16-17-23-41(39)49(43)32-47(7,8)30-31-48(9,10)33-49/h11-29H,30-33H2,1-10H3. The van der Waals surface area contributed by atoms with Crippen molar-refractivity contribution in [3.8, 4) is 16.9 Å². The summed E-state index contributed by atoms with van der Waals surface area (Å²) in [4.78, 5) is 2.52. The number of nitrogens with zero attached hydrogens (tertiary/aromatic N) is 1. The molecule has 1 spiro atoms. The Balaban J connectivity index is 1.39. The maximum Gasteiger partial charge on any atom is 0.178 e. The van der Waals surface area contributed by atoms with Gasteiger partial charge in [-0.1, -0.05) is 125 Å². The summed E-state index contributed by atoms with van der Waals surface area (Å²) in [5, 5.41) is 2.47. The lowest BCUT2D eigenvalue weighted by Crippen LogP contribution is -2.53. The molecule has 5 aromatic carbocycles. The maximum atomic E-state index is 7.73. The molecule has 2 heteroatoms. The Kier molecular flexibility index (Phi) is 7.76. The van der Waals surface area contributed by atoms with Gasteiger partial charge in [0.1, 0.15) is 5.75 Å². The van der Waals surface area contributed by atoms with Crippen LogP contribution in [0, 0.1) is 10.8 Å². The number of hydrogen-bond donors (Lipinski definition) is 0. The summed E-state index contributed by atoms with van der Waals surface area (Å²) in [5.74, 6) is 1.00. The number of anilines is 1. The van der Waals surface area contributed by atoms with Crippen LogP contribution in [0.2, 0.25) is 0 Å². The highest BCUT2D eigenvalue weighted by Gasteiger charge is 2.53. The molecular formula is C50H57NO. The van der Waals surface area contributed by atoms with Crippen molar-refractivity contribution in [2.24, 2.45) is 10.8 Å². The zero-order chi connectivity index (χ0) is 36.9. The summed E-state index contributed by atoms with van der Waals surface area (Å²) >= 11 is 0. The molecule has 0 radical (unpaired) electrons. The lowest BCUT2D eigenvalue weighted by atomic mass is 9.62. The van der Waals surface area contributed by atoms with Gasteiger partial charge >= 0.3 is 0 Å². The summed E-state index contributed by atoms with van der Waals surface area (Å²) < 4.78 is 7.73. The van der Waals surface area contributed by atoms with Crippen molar-refractivity contribution in [1.29, 1.82) is 0 Å². The van der Waals surface area contributed by atoms with Crippen LogP contribution in [0.15, 0.2) is 109 Å².